The van der Waals surface area contributed by atoms with Crippen molar-refractivity contribution < 1.29 is 13.2 Å². The van der Waals surface area contributed by atoms with E-state index in [2.05, 4.69) is 10.0 Å². The van der Waals surface area contributed by atoms with Gasteiger partial charge in [0.25, 0.3) is 0 Å². The van der Waals surface area contributed by atoms with Crippen LogP contribution in [-0.4, -0.2) is 35.7 Å². The summed E-state index contributed by atoms with van der Waals surface area (Å²) < 4.78 is 32.0. The molecule has 6 heteroatoms. The number of hydrogen-bond acceptors (Lipinski definition) is 4. The number of aryl methyl sites for hydroxylation is 2. The fraction of sp³-hybridized carbons (Fsp3) is 0.538. The van der Waals surface area contributed by atoms with Crippen molar-refractivity contribution in [1.29, 1.82) is 0 Å². The summed E-state index contributed by atoms with van der Waals surface area (Å²) in [5.74, 6) is 0. The third-order valence-electron chi connectivity index (χ3n) is 2.84. The van der Waals surface area contributed by atoms with Gasteiger partial charge in [-0.3, -0.25) is 0 Å². The molecule has 0 heterocycles. The van der Waals surface area contributed by atoms with Crippen molar-refractivity contribution in [3.63, 3.8) is 0 Å². The summed E-state index contributed by atoms with van der Waals surface area (Å²) in [5, 5.41) is 3.02. The highest BCUT2D eigenvalue weighted by molar-refractivity contribution is 7.89. The molecule has 2 N–H and O–H groups in total. The number of methoxy groups -OCH3 is 1. The fourth-order valence-electron chi connectivity index (χ4n) is 2.01. The summed E-state index contributed by atoms with van der Waals surface area (Å²) in [5.41, 5.74) is 2.39. The number of hydrogen-bond donors (Lipinski definition) is 2. The van der Waals surface area contributed by atoms with Gasteiger partial charge in [0.1, 0.15) is 0 Å². The highest BCUT2D eigenvalue weighted by Crippen LogP contribution is 2.24. The van der Waals surface area contributed by atoms with Gasteiger partial charge >= 0.3 is 0 Å². The second kappa shape index (κ2) is 6.88. The number of sulfonamides is 1. The van der Waals surface area contributed by atoms with E-state index in [1.807, 2.05) is 19.2 Å². The van der Waals surface area contributed by atoms with Gasteiger partial charge in [-0.05, 0) is 43.5 Å². The van der Waals surface area contributed by atoms with Crippen LogP contribution in [0.2, 0.25) is 0 Å². The summed E-state index contributed by atoms with van der Waals surface area (Å²) in [6.07, 6.45) is 0.655. The first-order chi connectivity index (χ1) is 8.92. The Balaban J connectivity index is 2.95. The first kappa shape index (κ1) is 15.9. The third kappa shape index (κ3) is 4.19. The van der Waals surface area contributed by atoms with Crippen molar-refractivity contribution in [2.75, 3.05) is 32.6 Å². The number of rotatable bonds is 7. The smallest absolute Gasteiger partial charge is 0.241 e. The van der Waals surface area contributed by atoms with Gasteiger partial charge in [-0.1, -0.05) is 0 Å². The molecule has 1 rings (SSSR count). The third-order valence-corrected chi connectivity index (χ3v) is 4.60. The van der Waals surface area contributed by atoms with Crippen molar-refractivity contribution in [2.24, 2.45) is 0 Å². The van der Waals surface area contributed by atoms with Crippen LogP contribution in [0.15, 0.2) is 17.0 Å². The molecule has 5 nitrogen and oxygen atoms in total. The Morgan fingerprint density at radius 3 is 2.26 bits per heavy atom. The zero-order chi connectivity index (χ0) is 14.5. The zero-order valence-corrected chi connectivity index (χ0v) is 12.7. The van der Waals surface area contributed by atoms with Crippen LogP contribution < -0.4 is 10.0 Å². The lowest BCUT2D eigenvalue weighted by Crippen LogP contribution is -2.27. The molecule has 108 valence electrons. The molecule has 0 aliphatic rings. The quantitative estimate of drug-likeness (QED) is 0.748. The van der Waals surface area contributed by atoms with E-state index in [4.69, 9.17) is 4.74 Å². The molecule has 0 aliphatic carbocycles. The first-order valence-corrected chi connectivity index (χ1v) is 7.68. The minimum Gasteiger partial charge on any atom is -0.388 e. The summed E-state index contributed by atoms with van der Waals surface area (Å²) in [6.45, 7) is 4.52. The summed E-state index contributed by atoms with van der Waals surface area (Å²) in [7, 11) is -0.0530. The molecule has 1 aromatic carbocycles. The second-order valence-corrected chi connectivity index (χ2v) is 6.14. The van der Waals surface area contributed by atoms with Gasteiger partial charge in [-0.15, -0.1) is 0 Å². The molecule has 0 bridgehead atoms. The number of anilines is 1. The van der Waals surface area contributed by atoms with Crippen LogP contribution in [-0.2, 0) is 14.8 Å². The number of nitrogens with one attached hydrogen (secondary N) is 2. The Kier molecular flexibility index (Phi) is 5.78. The fourth-order valence-corrected chi connectivity index (χ4v) is 3.54. The van der Waals surface area contributed by atoms with Crippen LogP contribution >= 0.6 is 0 Å². The van der Waals surface area contributed by atoms with Crippen LogP contribution in [0.1, 0.15) is 17.5 Å². The standard InChI is InChI=1S/C13H22N2O3S/c1-10-8-12(14-3)9-11(2)13(10)19(16,17)15-6-5-7-18-4/h8-9,14-15H,5-7H2,1-4H3. The Labute approximate surface area is 115 Å². The minimum atomic E-state index is -3.46. The average molecular weight is 286 g/mol. The molecule has 0 fully saturated rings. The van der Waals surface area contributed by atoms with Crippen LogP contribution in [0, 0.1) is 13.8 Å². The maximum atomic E-state index is 12.3. The van der Waals surface area contributed by atoms with Crippen LogP contribution in [0.5, 0.6) is 0 Å². The van der Waals surface area contributed by atoms with Gasteiger partial charge in [-0.2, -0.15) is 0 Å². The molecule has 0 amide bonds. The van der Waals surface area contributed by atoms with Crippen molar-refractivity contribution in [3.05, 3.63) is 23.3 Å². The molecule has 0 unspecified atom stereocenters. The van der Waals surface area contributed by atoms with E-state index in [0.717, 1.165) is 16.8 Å². The van der Waals surface area contributed by atoms with Gasteiger partial charge in [-0.25, -0.2) is 13.1 Å². The van der Waals surface area contributed by atoms with Gasteiger partial charge in [0.15, 0.2) is 0 Å². The van der Waals surface area contributed by atoms with Crippen LogP contribution in [0.25, 0.3) is 0 Å². The first-order valence-electron chi connectivity index (χ1n) is 6.20. The Morgan fingerprint density at radius 1 is 1.21 bits per heavy atom. The SMILES string of the molecule is CNc1cc(C)c(S(=O)(=O)NCCCOC)c(C)c1. The Hall–Kier alpha value is -1.11. The van der Waals surface area contributed by atoms with E-state index >= 15 is 0 Å². The molecule has 0 saturated heterocycles. The maximum Gasteiger partial charge on any atom is 0.241 e. The highest BCUT2D eigenvalue weighted by atomic mass is 32.2. The molecule has 0 atom stereocenters. The number of ether oxygens (including phenoxy) is 1. The molecule has 0 aromatic heterocycles. The van der Waals surface area contributed by atoms with Crippen molar-refractivity contribution in [1.82, 2.24) is 4.72 Å². The molecule has 0 saturated carbocycles. The van der Waals surface area contributed by atoms with E-state index in [0.29, 0.717) is 24.5 Å². The Bertz CT molecular complexity index is 504. The van der Waals surface area contributed by atoms with E-state index < -0.39 is 10.0 Å². The average Bonchev–Trinajstić information content (AvgIpc) is 2.33. The van der Waals surface area contributed by atoms with Gasteiger partial charge in [0.05, 0.1) is 4.90 Å². The summed E-state index contributed by atoms with van der Waals surface area (Å²) in [4.78, 5) is 0.365. The summed E-state index contributed by atoms with van der Waals surface area (Å²) >= 11 is 0. The van der Waals surface area contributed by atoms with Gasteiger partial charge < -0.3 is 10.1 Å². The van der Waals surface area contributed by atoms with E-state index in [9.17, 15) is 8.42 Å². The predicted molar refractivity (Wildman–Crippen MR) is 77.1 cm³/mol. The second-order valence-electron chi connectivity index (χ2n) is 4.43. The molecule has 0 aliphatic heterocycles. The lowest BCUT2D eigenvalue weighted by Gasteiger charge is -2.14. The predicted octanol–water partition coefficient (Wildman–Crippen LogP) is 1.66. The van der Waals surface area contributed by atoms with Gasteiger partial charge in [0.2, 0.25) is 10.0 Å². The van der Waals surface area contributed by atoms with E-state index in [1.54, 1.807) is 21.0 Å². The molecule has 0 spiro atoms. The molecular formula is C13H22N2O3S. The van der Waals surface area contributed by atoms with Crippen LogP contribution in [0.4, 0.5) is 5.69 Å². The summed E-state index contributed by atoms with van der Waals surface area (Å²) in [6, 6.07) is 3.66. The normalized spacial score (nSPS) is 11.6. The van der Waals surface area contributed by atoms with E-state index in [-0.39, 0.29) is 0 Å². The monoisotopic (exact) mass is 286 g/mol. The minimum absolute atomic E-state index is 0.365. The molecule has 1 aromatic rings. The lowest BCUT2D eigenvalue weighted by atomic mass is 10.1. The van der Waals surface area contributed by atoms with Crippen molar-refractivity contribution in [3.8, 4) is 0 Å². The topological polar surface area (TPSA) is 67.4 Å². The lowest BCUT2D eigenvalue weighted by molar-refractivity contribution is 0.196. The largest absolute Gasteiger partial charge is 0.388 e. The Morgan fingerprint density at radius 2 is 1.79 bits per heavy atom. The zero-order valence-electron chi connectivity index (χ0n) is 11.9. The number of benzene rings is 1. The maximum absolute atomic E-state index is 12.3. The molecular weight excluding hydrogens is 264 g/mol. The van der Waals surface area contributed by atoms with Crippen molar-refractivity contribution >= 4 is 15.7 Å². The molecule has 19 heavy (non-hydrogen) atoms. The van der Waals surface area contributed by atoms with Gasteiger partial charge in [0, 0.05) is 33.0 Å². The highest BCUT2D eigenvalue weighted by Gasteiger charge is 2.19. The molecule has 0 radical (unpaired) electrons. The van der Waals surface area contributed by atoms with Crippen molar-refractivity contribution in [2.45, 2.75) is 25.2 Å². The van der Waals surface area contributed by atoms with Crippen LogP contribution in [0.3, 0.4) is 0 Å². The van der Waals surface area contributed by atoms with E-state index in [1.165, 1.54) is 0 Å².